The van der Waals surface area contributed by atoms with Crippen LogP contribution in [0.1, 0.15) is 35.6 Å². The van der Waals surface area contributed by atoms with Crippen LogP contribution in [0, 0.1) is 31.0 Å². The monoisotopic (exact) mass is 313 g/mol. The predicted octanol–water partition coefficient (Wildman–Crippen LogP) is 2.57. The molecule has 0 amide bonds. The van der Waals surface area contributed by atoms with E-state index < -0.39 is 0 Å². The molecule has 1 aliphatic rings. The maximum absolute atomic E-state index is 13.3. The Morgan fingerprint density at radius 2 is 2.22 bits per heavy atom. The topological polar surface area (TPSA) is 57.7 Å². The van der Waals surface area contributed by atoms with E-state index in [1.54, 1.807) is 6.07 Å². The Bertz CT molecular complexity index is 746. The molecule has 1 aromatic carbocycles. The van der Waals surface area contributed by atoms with Crippen LogP contribution in [0.5, 0.6) is 0 Å². The van der Waals surface area contributed by atoms with Gasteiger partial charge in [-0.3, -0.25) is 4.90 Å². The number of halogens is 1. The quantitative estimate of drug-likeness (QED) is 0.870. The Morgan fingerprint density at radius 3 is 2.91 bits per heavy atom. The number of likely N-dealkylation sites (tertiary alicyclic amines) is 1. The van der Waals surface area contributed by atoms with E-state index in [1.807, 2.05) is 18.5 Å². The van der Waals surface area contributed by atoms with Gasteiger partial charge in [0.25, 0.3) is 0 Å². The maximum atomic E-state index is 13.3. The highest BCUT2D eigenvalue weighted by Crippen LogP contribution is 2.23. The molecule has 2 heterocycles. The van der Waals surface area contributed by atoms with Gasteiger partial charge in [0.1, 0.15) is 17.5 Å². The number of aryl methyl sites for hydroxylation is 2. The highest BCUT2D eigenvalue weighted by atomic mass is 19.1. The van der Waals surface area contributed by atoms with Crippen molar-refractivity contribution < 1.29 is 4.39 Å². The molecule has 0 saturated carbocycles. The van der Waals surface area contributed by atoms with Gasteiger partial charge in [0, 0.05) is 12.6 Å². The van der Waals surface area contributed by atoms with Crippen molar-refractivity contribution in [3.05, 3.63) is 46.8 Å². The fourth-order valence-electron chi connectivity index (χ4n) is 3.25. The Kier molecular flexibility index (Phi) is 4.39. The summed E-state index contributed by atoms with van der Waals surface area (Å²) in [5.41, 5.74) is 1.30. The second kappa shape index (κ2) is 6.47. The van der Waals surface area contributed by atoms with Gasteiger partial charge in [-0.15, -0.1) is 0 Å². The van der Waals surface area contributed by atoms with Crippen LogP contribution in [0.4, 0.5) is 4.39 Å². The van der Waals surface area contributed by atoms with Gasteiger partial charge < -0.3 is 0 Å². The minimum atomic E-state index is -0.364. The van der Waals surface area contributed by atoms with Crippen molar-refractivity contribution in [1.82, 2.24) is 19.7 Å². The Balaban J connectivity index is 1.75. The number of benzene rings is 1. The van der Waals surface area contributed by atoms with Crippen LogP contribution in [0.2, 0.25) is 0 Å². The molecule has 0 N–H and O–H groups in total. The van der Waals surface area contributed by atoms with Crippen LogP contribution < -0.4 is 0 Å². The fourth-order valence-corrected chi connectivity index (χ4v) is 3.25. The van der Waals surface area contributed by atoms with E-state index in [2.05, 4.69) is 21.1 Å². The zero-order valence-electron chi connectivity index (χ0n) is 13.5. The summed E-state index contributed by atoms with van der Waals surface area (Å²) in [6.45, 7) is 6.32. The van der Waals surface area contributed by atoms with Crippen molar-refractivity contribution in [2.24, 2.45) is 0 Å². The number of aromatic nitrogens is 3. The Hall–Kier alpha value is -2.26. The number of hydrogen-bond acceptors (Lipinski definition) is 4. The van der Waals surface area contributed by atoms with Crippen molar-refractivity contribution >= 4 is 0 Å². The fraction of sp³-hybridized carbons (Fsp3) is 0.471. The normalized spacial score (nSPS) is 18.3. The molecule has 1 fully saturated rings. The molecule has 120 valence electrons. The molecule has 1 aliphatic heterocycles. The summed E-state index contributed by atoms with van der Waals surface area (Å²) < 4.78 is 15.2. The molecule has 6 heteroatoms. The Labute approximate surface area is 135 Å². The summed E-state index contributed by atoms with van der Waals surface area (Å²) in [7, 11) is 0. The van der Waals surface area contributed by atoms with Crippen molar-refractivity contribution in [1.29, 1.82) is 5.26 Å². The summed E-state index contributed by atoms with van der Waals surface area (Å²) >= 11 is 0. The minimum absolute atomic E-state index is 0.364. The first-order valence-electron chi connectivity index (χ1n) is 7.87. The lowest BCUT2D eigenvalue weighted by molar-refractivity contribution is 0.217. The first-order chi connectivity index (χ1) is 11.1. The van der Waals surface area contributed by atoms with Gasteiger partial charge in [0.2, 0.25) is 0 Å². The molecule has 23 heavy (non-hydrogen) atoms. The summed E-state index contributed by atoms with van der Waals surface area (Å²) in [5, 5.41) is 13.6. The molecule has 2 aromatic rings. The van der Waals surface area contributed by atoms with Crippen LogP contribution in [-0.4, -0.2) is 32.3 Å². The molecule has 1 saturated heterocycles. The second-order valence-electron chi connectivity index (χ2n) is 6.07. The van der Waals surface area contributed by atoms with Crippen LogP contribution in [0.25, 0.3) is 0 Å². The van der Waals surface area contributed by atoms with Crippen molar-refractivity contribution in [2.45, 2.75) is 45.8 Å². The van der Waals surface area contributed by atoms with E-state index >= 15 is 0 Å². The lowest BCUT2D eigenvalue weighted by atomic mass is 10.1. The van der Waals surface area contributed by atoms with Gasteiger partial charge in [0.05, 0.1) is 18.2 Å². The molecular formula is C17H20FN5. The largest absolute Gasteiger partial charge is 0.294 e. The van der Waals surface area contributed by atoms with E-state index in [9.17, 15) is 9.65 Å². The summed E-state index contributed by atoms with van der Waals surface area (Å²) in [6.07, 6.45) is 2.22. The molecule has 0 spiro atoms. The SMILES string of the molecule is Cc1nc(C)n(C[C@@H]2CCCN2Cc2ccc(F)cc2C#N)n1. The third kappa shape index (κ3) is 3.40. The molecule has 1 atom stereocenters. The van der Waals surface area contributed by atoms with E-state index in [0.717, 1.165) is 43.1 Å². The third-order valence-electron chi connectivity index (χ3n) is 4.41. The lowest BCUT2D eigenvalue weighted by Gasteiger charge is -2.25. The van der Waals surface area contributed by atoms with E-state index in [0.29, 0.717) is 18.2 Å². The van der Waals surface area contributed by atoms with Gasteiger partial charge in [-0.05, 0) is 50.9 Å². The highest BCUT2D eigenvalue weighted by molar-refractivity contribution is 5.37. The van der Waals surface area contributed by atoms with Crippen molar-refractivity contribution in [3.8, 4) is 6.07 Å². The number of nitrogens with zero attached hydrogens (tertiary/aromatic N) is 5. The molecule has 0 radical (unpaired) electrons. The summed E-state index contributed by atoms with van der Waals surface area (Å²) in [6, 6.07) is 6.91. The third-order valence-corrected chi connectivity index (χ3v) is 4.41. The van der Waals surface area contributed by atoms with Crippen LogP contribution in [0.15, 0.2) is 18.2 Å². The van der Waals surface area contributed by atoms with Gasteiger partial charge >= 0.3 is 0 Å². The molecule has 0 unspecified atom stereocenters. The highest BCUT2D eigenvalue weighted by Gasteiger charge is 2.26. The smallest absolute Gasteiger partial charge is 0.147 e. The molecular weight excluding hydrogens is 293 g/mol. The molecule has 5 nitrogen and oxygen atoms in total. The number of hydrogen-bond donors (Lipinski definition) is 0. The van der Waals surface area contributed by atoms with Crippen LogP contribution in [0.3, 0.4) is 0 Å². The summed E-state index contributed by atoms with van der Waals surface area (Å²) in [5.74, 6) is 1.35. The van der Waals surface area contributed by atoms with Gasteiger partial charge in [-0.25, -0.2) is 14.1 Å². The van der Waals surface area contributed by atoms with Gasteiger partial charge in [-0.1, -0.05) is 6.07 Å². The number of rotatable bonds is 4. The lowest BCUT2D eigenvalue weighted by Crippen LogP contribution is -2.33. The van der Waals surface area contributed by atoms with E-state index in [1.165, 1.54) is 12.1 Å². The van der Waals surface area contributed by atoms with E-state index in [4.69, 9.17) is 0 Å². The minimum Gasteiger partial charge on any atom is -0.294 e. The first kappa shape index (κ1) is 15.6. The van der Waals surface area contributed by atoms with E-state index in [-0.39, 0.29) is 5.82 Å². The van der Waals surface area contributed by atoms with Crippen LogP contribution >= 0.6 is 0 Å². The molecule has 0 bridgehead atoms. The zero-order chi connectivity index (χ0) is 16.4. The van der Waals surface area contributed by atoms with Crippen molar-refractivity contribution in [3.63, 3.8) is 0 Å². The van der Waals surface area contributed by atoms with Gasteiger partial charge in [-0.2, -0.15) is 10.4 Å². The maximum Gasteiger partial charge on any atom is 0.147 e. The standard InChI is InChI=1S/C17H20FN5/c1-12-20-13(2)23(21-12)11-17-4-3-7-22(17)10-14-5-6-16(18)8-15(14)9-19/h5-6,8,17H,3-4,7,10-11H2,1-2H3/t17-/m0/s1. The second-order valence-corrected chi connectivity index (χ2v) is 6.07. The van der Waals surface area contributed by atoms with Gasteiger partial charge in [0.15, 0.2) is 0 Å². The molecule has 0 aliphatic carbocycles. The van der Waals surface area contributed by atoms with Crippen molar-refractivity contribution in [2.75, 3.05) is 6.54 Å². The average Bonchev–Trinajstić information content (AvgIpc) is 3.08. The molecule has 3 rings (SSSR count). The average molecular weight is 313 g/mol. The predicted molar refractivity (Wildman–Crippen MR) is 84.0 cm³/mol. The molecule has 1 aromatic heterocycles. The first-order valence-corrected chi connectivity index (χ1v) is 7.87. The number of nitriles is 1. The summed E-state index contributed by atoms with van der Waals surface area (Å²) in [4.78, 5) is 6.70. The van der Waals surface area contributed by atoms with Crippen LogP contribution in [-0.2, 0) is 13.1 Å². The zero-order valence-corrected chi connectivity index (χ0v) is 13.5. The Morgan fingerprint density at radius 1 is 1.39 bits per heavy atom.